The molecule has 0 radical (unpaired) electrons. The van der Waals surface area contributed by atoms with Crippen LogP contribution < -0.4 is 10.6 Å². The van der Waals surface area contributed by atoms with Crippen molar-refractivity contribution in [3.63, 3.8) is 0 Å². The minimum absolute atomic E-state index is 0.0599. The second-order valence-corrected chi connectivity index (χ2v) is 2.76. The van der Waals surface area contributed by atoms with Gasteiger partial charge in [-0.15, -0.1) is 0 Å². The van der Waals surface area contributed by atoms with Gasteiger partial charge in [-0.05, 0) is 0 Å². The molecule has 1 amide bonds. The summed E-state index contributed by atoms with van der Waals surface area (Å²) in [4.78, 5) is 21.5. The Bertz CT molecular complexity index is 245. The Labute approximate surface area is 74.9 Å². The summed E-state index contributed by atoms with van der Waals surface area (Å²) in [5, 5.41) is 13.5. The van der Waals surface area contributed by atoms with Gasteiger partial charge in [-0.3, -0.25) is 0 Å². The van der Waals surface area contributed by atoms with E-state index in [-0.39, 0.29) is 18.8 Å². The van der Waals surface area contributed by atoms with Crippen molar-refractivity contribution >= 4 is 19.0 Å². The van der Waals surface area contributed by atoms with Crippen LogP contribution in [0.3, 0.4) is 0 Å². The first-order chi connectivity index (χ1) is 6.15. The quantitative estimate of drug-likeness (QED) is 0.436. The molecule has 3 N–H and O–H groups in total. The van der Waals surface area contributed by atoms with Gasteiger partial charge in [0.05, 0.1) is 0 Å². The number of rotatable bonds is 4. The summed E-state index contributed by atoms with van der Waals surface area (Å²) in [5.41, 5.74) is 0. The van der Waals surface area contributed by atoms with E-state index in [9.17, 15) is 14.3 Å². The van der Waals surface area contributed by atoms with Crippen LogP contribution in [0.25, 0.3) is 0 Å². The summed E-state index contributed by atoms with van der Waals surface area (Å²) in [5.74, 6) is -1.42. The van der Waals surface area contributed by atoms with Crippen molar-refractivity contribution in [3.8, 4) is 0 Å². The molecule has 2 unspecified atom stereocenters. The maximum absolute atomic E-state index is 11.0. The third-order valence-corrected chi connectivity index (χ3v) is 1.85. The Kier molecular flexibility index (Phi) is 3.13. The number of carboxylic acid groups (broad SMARTS) is 1. The van der Waals surface area contributed by atoms with E-state index in [2.05, 4.69) is 10.6 Å². The molecule has 13 heavy (non-hydrogen) atoms. The number of carbonyl (C=O) groups excluding carboxylic acids is 1. The average Bonchev–Trinajstić information content (AvgIpc) is 2.44. The van der Waals surface area contributed by atoms with Gasteiger partial charge in [0.1, 0.15) is 0 Å². The zero-order chi connectivity index (χ0) is 9.84. The molecule has 0 aromatic heterocycles. The summed E-state index contributed by atoms with van der Waals surface area (Å²) < 4.78 is 9.97. The predicted molar refractivity (Wildman–Crippen MR) is 42.4 cm³/mol. The van der Waals surface area contributed by atoms with Gasteiger partial charge < -0.3 is 0 Å². The first-order valence-corrected chi connectivity index (χ1v) is 3.85. The topological polar surface area (TPSA) is 95.5 Å². The normalized spacial score (nSPS) is 26.6. The van der Waals surface area contributed by atoms with Crippen molar-refractivity contribution < 1.29 is 19.4 Å². The first-order valence-electron chi connectivity index (χ1n) is 3.85. The molecule has 0 aromatic rings. The van der Waals surface area contributed by atoms with Gasteiger partial charge in [0.2, 0.25) is 0 Å². The fourth-order valence-electron chi connectivity index (χ4n) is 1.20. The fraction of sp³-hybridized carbons (Fsp3) is 0.667. The molecule has 0 bridgehead atoms. The standard InChI is InChI=1S/C6H9BN2O4/c10-5-3(8-2-7-13)1-4(9-5)6(11)12/h3-4,8H,1-2H2,(H,9,10)(H,11,12). The van der Waals surface area contributed by atoms with E-state index in [1.165, 1.54) is 0 Å². The molecule has 1 rings (SSSR count). The van der Waals surface area contributed by atoms with E-state index in [1.54, 1.807) is 0 Å². The number of carboxylic acids is 1. The molecule has 2 atom stereocenters. The van der Waals surface area contributed by atoms with Gasteiger partial charge in [0.15, 0.2) is 0 Å². The molecule has 0 aromatic carbocycles. The molecule has 0 spiro atoms. The van der Waals surface area contributed by atoms with E-state index in [4.69, 9.17) is 5.11 Å². The van der Waals surface area contributed by atoms with Gasteiger partial charge >= 0.3 is 74.0 Å². The van der Waals surface area contributed by atoms with E-state index in [0.29, 0.717) is 7.15 Å². The second-order valence-electron chi connectivity index (χ2n) is 2.76. The molecule has 6 nitrogen and oxygen atoms in total. The number of carbonyl (C=O) groups is 2. The van der Waals surface area contributed by atoms with Gasteiger partial charge in [0.25, 0.3) is 0 Å². The third-order valence-electron chi connectivity index (χ3n) is 1.85. The van der Waals surface area contributed by atoms with Crippen molar-refractivity contribution in [2.24, 2.45) is 0 Å². The number of nitrogens with one attached hydrogen (secondary N) is 2. The van der Waals surface area contributed by atoms with E-state index in [1.807, 2.05) is 0 Å². The van der Waals surface area contributed by atoms with Crippen LogP contribution in [0.5, 0.6) is 0 Å². The number of amides is 1. The molecular formula is C6H9BN2O4. The summed E-state index contributed by atoms with van der Waals surface area (Å²) >= 11 is 0. The van der Waals surface area contributed by atoms with Crippen LogP contribution in [0.15, 0.2) is 0 Å². The van der Waals surface area contributed by atoms with Gasteiger partial charge in [-0.2, -0.15) is 0 Å². The molecule has 0 aliphatic carbocycles. The van der Waals surface area contributed by atoms with Crippen LogP contribution in [-0.2, 0) is 14.3 Å². The third kappa shape index (κ3) is 2.35. The number of hydrogen-bond donors (Lipinski definition) is 3. The Morgan fingerprint density at radius 2 is 2.46 bits per heavy atom. The number of hydrogen-bond acceptors (Lipinski definition) is 4. The average molecular weight is 184 g/mol. The van der Waals surface area contributed by atoms with Crippen LogP contribution in [0, 0.1) is 0 Å². The summed E-state index contributed by atoms with van der Waals surface area (Å²) in [6, 6.07) is -1.40. The Hall–Kier alpha value is -1.24. The van der Waals surface area contributed by atoms with Gasteiger partial charge in [0, 0.05) is 0 Å². The summed E-state index contributed by atoms with van der Waals surface area (Å²) in [7, 11) is 0.626. The molecule has 1 heterocycles. The SMILES string of the molecule is O=BCNC1CC(C(=O)O)NC1=O. The Balaban J connectivity index is 2.46. The predicted octanol–water partition coefficient (Wildman–Crippen LogP) is -2.08. The van der Waals surface area contributed by atoms with Crippen LogP contribution in [0.1, 0.15) is 6.42 Å². The van der Waals surface area contributed by atoms with Crippen LogP contribution in [0.2, 0.25) is 0 Å². The first kappa shape index (κ1) is 9.85. The molecule has 0 saturated carbocycles. The van der Waals surface area contributed by atoms with Crippen molar-refractivity contribution in [2.45, 2.75) is 18.5 Å². The Morgan fingerprint density at radius 1 is 1.77 bits per heavy atom. The number of aliphatic carboxylic acids is 1. The molecule has 1 aliphatic rings. The van der Waals surface area contributed by atoms with E-state index < -0.39 is 18.1 Å². The van der Waals surface area contributed by atoms with Gasteiger partial charge in [-0.1, -0.05) is 0 Å². The fourth-order valence-corrected chi connectivity index (χ4v) is 1.20. The van der Waals surface area contributed by atoms with Crippen molar-refractivity contribution in [1.29, 1.82) is 0 Å². The van der Waals surface area contributed by atoms with Crippen molar-refractivity contribution in [2.75, 3.05) is 6.44 Å². The molecule has 1 aliphatic heterocycles. The Morgan fingerprint density at radius 3 is 2.92 bits per heavy atom. The second kappa shape index (κ2) is 4.13. The molecule has 70 valence electrons. The molecule has 7 heteroatoms. The van der Waals surface area contributed by atoms with Crippen molar-refractivity contribution in [3.05, 3.63) is 0 Å². The molecule has 1 saturated heterocycles. The summed E-state index contributed by atoms with van der Waals surface area (Å²) in [6.45, 7) is 0. The van der Waals surface area contributed by atoms with E-state index in [0.717, 1.165) is 0 Å². The summed E-state index contributed by atoms with van der Waals surface area (Å²) in [6.07, 6.45) is 0.242. The molecule has 1 fully saturated rings. The van der Waals surface area contributed by atoms with Crippen LogP contribution in [0.4, 0.5) is 0 Å². The monoisotopic (exact) mass is 184 g/mol. The van der Waals surface area contributed by atoms with Crippen LogP contribution >= 0.6 is 0 Å². The van der Waals surface area contributed by atoms with E-state index >= 15 is 0 Å². The molecular weight excluding hydrogens is 175 g/mol. The van der Waals surface area contributed by atoms with Crippen molar-refractivity contribution in [1.82, 2.24) is 10.6 Å². The van der Waals surface area contributed by atoms with Crippen LogP contribution in [-0.4, -0.2) is 42.7 Å². The zero-order valence-electron chi connectivity index (χ0n) is 6.82. The maximum atomic E-state index is 11.0. The van der Waals surface area contributed by atoms with Gasteiger partial charge in [-0.25, -0.2) is 0 Å². The minimum atomic E-state index is -1.05. The zero-order valence-corrected chi connectivity index (χ0v) is 6.82.